The van der Waals surface area contributed by atoms with E-state index in [-0.39, 0.29) is 5.92 Å². The zero-order chi connectivity index (χ0) is 11.8. The fraction of sp³-hybridized carbons (Fsp3) is 0.917. The van der Waals surface area contributed by atoms with Crippen LogP contribution in [0.25, 0.3) is 0 Å². The molecule has 0 aromatic rings. The van der Waals surface area contributed by atoms with Gasteiger partial charge in [-0.15, -0.1) is 0 Å². The van der Waals surface area contributed by atoms with Gasteiger partial charge in [0.15, 0.2) is 0 Å². The fourth-order valence-electron chi connectivity index (χ4n) is 2.05. The van der Waals surface area contributed by atoms with E-state index in [4.69, 9.17) is 0 Å². The maximum Gasteiger partial charge on any atom is 0.307 e. The molecule has 16 heavy (non-hydrogen) atoms. The van der Waals surface area contributed by atoms with E-state index >= 15 is 0 Å². The number of carboxylic acid groups (broad SMARTS) is 1. The van der Waals surface area contributed by atoms with E-state index in [0.717, 1.165) is 25.0 Å². The second-order valence-corrected chi connectivity index (χ2v) is 7.12. The number of carbonyl (C=O) groups is 1. The third kappa shape index (κ3) is 5.00. The Hall–Kier alpha value is 0.170. The summed E-state index contributed by atoms with van der Waals surface area (Å²) in [4.78, 5) is 11.2. The van der Waals surface area contributed by atoms with E-state index in [1.807, 2.05) is 10.8 Å². The SMILES string of the molecule is CCCCCCCC(C(=O)O)C1CCSS1. The van der Waals surface area contributed by atoms with E-state index in [2.05, 4.69) is 6.92 Å². The lowest BCUT2D eigenvalue weighted by atomic mass is 9.95. The molecule has 2 nitrogen and oxygen atoms in total. The molecule has 1 fully saturated rings. The minimum absolute atomic E-state index is 0.110. The molecule has 0 aromatic carbocycles. The van der Waals surface area contributed by atoms with Gasteiger partial charge in [-0.2, -0.15) is 0 Å². The summed E-state index contributed by atoms with van der Waals surface area (Å²) in [5.74, 6) is 0.423. The van der Waals surface area contributed by atoms with Crippen LogP contribution >= 0.6 is 21.6 Å². The lowest BCUT2D eigenvalue weighted by Gasteiger charge is -2.17. The highest BCUT2D eigenvalue weighted by molar-refractivity contribution is 8.77. The van der Waals surface area contributed by atoms with Crippen molar-refractivity contribution in [3.63, 3.8) is 0 Å². The zero-order valence-corrected chi connectivity index (χ0v) is 11.6. The fourth-order valence-corrected chi connectivity index (χ4v) is 5.22. The first-order chi connectivity index (χ1) is 7.75. The van der Waals surface area contributed by atoms with Gasteiger partial charge in [0.25, 0.3) is 0 Å². The molecule has 0 radical (unpaired) electrons. The van der Waals surface area contributed by atoms with E-state index in [9.17, 15) is 9.90 Å². The molecule has 0 bridgehead atoms. The summed E-state index contributed by atoms with van der Waals surface area (Å²) in [6.07, 6.45) is 8.01. The van der Waals surface area contributed by atoms with Crippen LogP contribution in [0.1, 0.15) is 51.9 Å². The van der Waals surface area contributed by atoms with Gasteiger partial charge < -0.3 is 5.11 Å². The molecule has 0 aliphatic carbocycles. The van der Waals surface area contributed by atoms with Crippen molar-refractivity contribution in [2.45, 2.75) is 57.1 Å². The van der Waals surface area contributed by atoms with Gasteiger partial charge >= 0.3 is 5.97 Å². The summed E-state index contributed by atoms with van der Waals surface area (Å²) in [6, 6.07) is 0. The summed E-state index contributed by atoms with van der Waals surface area (Å²) in [7, 11) is 3.61. The van der Waals surface area contributed by atoms with Crippen molar-refractivity contribution in [2.75, 3.05) is 5.75 Å². The quantitative estimate of drug-likeness (QED) is 0.525. The smallest absolute Gasteiger partial charge is 0.307 e. The number of hydrogen-bond donors (Lipinski definition) is 1. The van der Waals surface area contributed by atoms with Crippen molar-refractivity contribution in [3.05, 3.63) is 0 Å². The van der Waals surface area contributed by atoms with Crippen LogP contribution in [-0.4, -0.2) is 22.1 Å². The van der Waals surface area contributed by atoms with Gasteiger partial charge in [0.05, 0.1) is 5.92 Å². The summed E-state index contributed by atoms with van der Waals surface area (Å²) < 4.78 is 0. The average Bonchev–Trinajstić information content (AvgIpc) is 2.76. The molecule has 1 rings (SSSR count). The van der Waals surface area contributed by atoms with Crippen molar-refractivity contribution in [1.82, 2.24) is 0 Å². The first-order valence-corrected chi connectivity index (χ1v) is 8.65. The van der Waals surface area contributed by atoms with E-state index < -0.39 is 5.97 Å². The van der Waals surface area contributed by atoms with Gasteiger partial charge in [0, 0.05) is 11.0 Å². The normalized spacial score (nSPS) is 22.2. The number of unbranched alkanes of at least 4 members (excludes halogenated alkanes) is 4. The maximum atomic E-state index is 11.2. The monoisotopic (exact) mass is 262 g/mol. The van der Waals surface area contributed by atoms with Crippen molar-refractivity contribution < 1.29 is 9.90 Å². The average molecular weight is 262 g/mol. The Balaban J connectivity index is 2.20. The van der Waals surface area contributed by atoms with Gasteiger partial charge in [-0.05, 0) is 12.8 Å². The summed E-state index contributed by atoms with van der Waals surface area (Å²) in [5, 5.41) is 9.57. The Kier molecular flexibility index (Phi) is 7.37. The van der Waals surface area contributed by atoms with Crippen molar-refractivity contribution >= 4 is 27.6 Å². The lowest BCUT2D eigenvalue weighted by molar-refractivity contribution is -0.142. The summed E-state index contributed by atoms with van der Waals surface area (Å²) >= 11 is 0. The first kappa shape index (κ1) is 14.2. The standard InChI is InChI=1S/C12H22O2S2/c1-2-3-4-5-6-7-10(12(13)14)11-8-9-15-16-11/h10-11H,2-9H2,1H3,(H,13,14). The first-order valence-electron chi connectivity index (χ1n) is 6.26. The minimum atomic E-state index is -0.588. The third-order valence-corrected chi connectivity index (χ3v) is 6.06. The van der Waals surface area contributed by atoms with Crippen LogP contribution in [0.5, 0.6) is 0 Å². The van der Waals surface area contributed by atoms with Gasteiger partial charge in [-0.1, -0.05) is 60.6 Å². The molecule has 0 aromatic heterocycles. The second-order valence-electron chi connectivity index (χ2n) is 4.39. The molecule has 1 aliphatic heterocycles. The number of hydrogen-bond acceptors (Lipinski definition) is 3. The molecule has 0 saturated carbocycles. The van der Waals surface area contributed by atoms with Crippen molar-refractivity contribution in [1.29, 1.82) is 0 Å². The minimum Gasteiger partial charge on any atom is -0.481 e. The van der Waals surface area contributed by atoms with Crippen LogP contribution in [0.4, 0.5) is 0 Å². The zero-order valence-electron chi connectivity index (χ0n) is 9.98. The maximum absolute atomic E-state index is 11.2. The van der Waals surface area contributed by atoms with Gasteiger partial charge in [0.2, 0.25) is 0 Å². The molecule has 1 N–H and O–H groups in total. The molecular formula is C12H22O2S2. The topological polar surface area (TPSA) is 37.3 Å². The summed E-state index contributed by atoms with van der Waals surface area (Å²) in [5.41, 5.74) is 0. The highest BCUT2D eigenvalue weighted by Gasteiger charge is 2.31. The van der Waals surface area contributed by atoms with E-state index in [0.29, 0.717) is 5.25 Å². The van der Waals surface area contributed by atoms with Crippen LogP contribution < -0.4 is 0 Å². The van der Waals surface area contributed by atoms with E-state index in [1.54, 1.807) is 10.8 Å². The molecule has 2 atom stereocenters. The van der Waals surface area contributed by atoms with Crippen molar-refractivity contribution in [3.8, 4) is 0 Å². The number of carboxylic acids is 1. The molecular weight excluding hydrogens is 240 g/mol. The Bertz CT molecular complexity index is 203. The number of rotatable bonds is 8. The predicted molar refractivity (Wildman–Crippen MR) is 73.0 cm³/mol. The highest BCUT2D eigenvalue weighted by atomic mass is 33.1. The molecule has 4 heteroatoms. The van der Waals surface area contributed by atoms with Crippen LogP contribution in [-0.2, 0) is 4.79 Å². The molecule has 1 saturated heterocycles. The van der Waals surface area contributed by atoms with Crippen LogP contribution in [0.2, 0.25) is 0 Å². The molecule has 0 spiro atoms. The third-order valence-electron chi connectivity index (χ3n) is 3.06. The summed E-state index contributed by atoms with van der Waals surface area (Å²) in [6.45, 7) is 2.20. The Morgan fingerprint density at radius 2 is 2.12 bits per heavy atom. The Morgan fingerprint density at radius 3 is 2.69 bits per heavy atom. The molecule has 0 amide bonds. The largest absolute Gasteiger partial charge is 0.481 e. The Morgan fingerprint density at radius 1 is 1.38 bits per heavy atom. The second kappa shape index (κ2) is 8.29. The molecule has 2 unspecified atom stereocenters. The van der Waals surface area contributed by atoms with Gasteiger partial charge in [-0.3, -0.25) is 4.79 Å². The van der Waals surface area contributed by atoms with Crippen molar-refractivity contribution in [2.24, 2.45) is 5.92 Å². The van der Waals surface area contributed by atoms with Crippen LogP contribution in [0, 0.1) is 5.92 Å². The van der Waals surface area contributed by atoms with Gasteiger partial charge in [0.1, 0.15) is 0 Å². The Labute approximate surface area is 106 Å². The van der Waals surface area contributed by atoms with Crippen LogP contribution in [0.15, 0.2) is 0 Å². The predicted octanol–water partition coefficient (Wildman–Crippen LogP) is 4.20. The molecule has 1 heterocycles. The molecule has 1 aliphatic rings. The van der Waals surface area contributed by atoms with Gasteiger partial charge in [-0.25, -0.2) is 0 Å². The van der Waals surface area contributed by atoms with Crippen LogP contribution in [0.3, 0.4) is 0 Å². The highest BCUT2D eigenvalue weighted by Crippen LogP contribution is 2.42. The van der Waals surface area contributed by atoms with E-state index in [1.165, 1.54) is 25.7 Å². The number of aliphatic carboxylic acids is 1. The lowest BCUT2D eigenvalue weighted by Crippen LogP contribution is -2.24. The molecule has 94 valence electrons.